The fourth-order valence-corrected chi connectivity index (χ4v) is 3.99. The van der Waals surface area contributed by atoms with Crippen molar-refractivity contribution in [2.75, 3.05) is 25.0 Å². The van der Waals surface area contributed by atoms with Crippen LogP contribution in [0.4, 0.5) is 5.69 Å². The molecule has 2 unspecified atom stereocenters. The molecule has 2 aromatic carbocycles. The molecule has 2 atom stereocenters. The van der Waals surface area contributed by atoms with Gasteiger partial charge in [0.25, 0.3) is 0 Å². The van der Waals surface area contributed by atoms with Crippen LogP contribution in [0.25, 0.3) is 0 Å². The molecular formula is C19H19ClN2O. The first-order chi connectivity index (χ1) is 11.2. The number of carbonyl (C=O) groups is 1. The van der Waals surface area contributed by atoms with Crippen LogP contribution < -0.4 is 5.32 Å². The normalized spacial score (nSPS) is 25.9. The molecule has 2 aliphatic rings. The van der Waals surface area contributed by atoms with Gasteiger partial charge in [-0.05, 0) is 42.2 Å². The van der Waals surface area contributed by atoms with Gasteiger partial charge in [0.1, 0.15) is 0 Å². The molecule has 1 aliphatic heterocycles. The number of fused-ring (bicyclic) bond motifs is 1. The van der Waals surface area contributed by atoms with Crippen molar-refractivity contribution < 1.29 is 4.79 Å². The Balaban J connectivity index is 1.38. The van der Waals surface area contributed by atoms with Crippen LogP contribution in [0, 0.1) is 5.92 Å². The van der Waals surface area contributed by atoms with E-state index in [9.17, 15) is 4.79 Å². The van der Waals surface area contributed by atoms with Gasteiger partial charge in [0.15, 0.2) is 0 Å². The molecule has 0 aromatic heterocycles. The van der Waals surface area contributed by atoms with E-state index >= 15 is 0 Å². The molecule has 4 heteroatoms. The van der Waals surface area contributed by atoms with Crippen molar-refractivity contribution in [2.45, 2.75) is 11.8 Å². The quantitative estimate of drug-likeness (QED) is 0.932. The van der Waals surface area contributed by atoms with Crippen LogP contribution in [-0.4, -0.2) is 30.4 Å². The Morgan fingerprint density at radius 3 is 2.65 bits per heavy atom. The van der Waals surface area contributed by atoms with E-state index < -0.39 is 0 Å². The third-order valence-electron chi connectivity index (χ3n) is 5.06. The molecule has 0 spiro atoms. The summed E-state index contributed by atoms with van der Waals surface area (Å²) in [6.45, 7) is 2.42. The molecule has 1 saturated carbocycles. The second-order valence-corrected chi connectivity index (χ2v) is 7.08. The number of amides is 1. The van der Waals surface area contributed by atoms with Crippen LogP contribution in [0.2, 0.25) is 5.02 Å². The van der Waals surface area contributed by atoms with Crippen molar-refractivity contribution in [3.63, 3.8) is 0 Å². The Morgan fingerprint density at radius 2 is 1.91 bits per heavy atom. The third-order valence-corrected chi connectivity index (χ3v) is 5.31. The molecule has 1 aliphatic carbocycles. The summed E-state index contributed by atoms with van der Waals surface area (Å²) < 4.78 is 0. The Bertz CT molecular complexity index is 716. The van der Waals surface area contributed by atoms with Crippen LogP contribution >= 0.6 is 11.6 Å². The van der Waals surface area contributed by atoms with Crippen molar-refractivity contribution in [1.82, 2.24) is 4.90 Å². The molecule has 118 valence electrons. The minimum atomic E-state index is 0.0590. The lowest BCUT2D eigenvalue weighted by Gasteiger charge is -2.20. The van der Waals surface area contributed by atoms with E-state index in [1.54, 1.807) is 0 Å². The van der Waals surface area contributed by atoms with E-state index in [-0.39, 0.29) is 11.3 Å². The van der Waals surface area contributed by atoms with Gasteiger partial charge in [-0.2, -0.15) is 0 Å². The Morgan fingerprint density at radius 1 is 1.17 bits per heavy atom. The molecule has 0 radical (unpaired) electrons. The number of nitrogens with zero attached hydrogens (tertiary/aromatic N) is 1. The van der Waals surface area contributed by atoms with Gasteiger partial charge in [-0.15, -0.1) is 0 Å². The highest BCUT2D eigenvalue weighted by Gasteiger charge is 2.60. The lowest BCUT2D eigenvalue weighted by Crippen LogP contribution is -2.34. The molecule has 1 amide bonds. The summed E-state index contributed by atoms with van der Waals surface area (Å²) in [6, 6.07) is 17.8. The second kappa shape index (κ2) is 5.66. The number of hydrogen-bond acceptors (Lipinski definition) is 2. The van der Waals surface area contributed by atoms with E-state index in [4.69, 9.17) is 11.6 Å². The van der Waals surface area contributed by atoms with E-state index in [1.807, 2.05) is 42.5 Å². The maximum absolute atomic E-state index is 12.2. The maximum Gasteiger partial charge on any atom is 0.238 e. The molecular weight excluding hydrogens is 308 g/mol. The van der Waals surface area contributed by atoms with E-state index in [0.717, 1.165) is 23.8 Å². The summed E-state index contributed by atoms with van der Waals surface area (Å²) in [5, 5.41) is 3.74. The summed E-state index contributed by atoms with van der Waals surface area (Å²) in [5.41, 5.74) is 2.46. The van der Waals surface area contributed by atoms with Gasteiger partial charge in [-0.25, -0.2) is 0 Å². The summed E-state index contributed by atoms with van der Waals surface area (Å²) in [6.07, 6.45) is 1.23. The predicted octanol–water partition coefficient (Wildman–Crippen LogP) is 3.55. The SMILES string of the molecule is O=C(CN1CC2CC2(c2ccc(Cl)cc2)C1)Nc1ccccc1. The van der Waals surface area contributed by atoms with Gasteiger partial charge in [-0.3, -0.25) is 9.69 Å². The average molecular weight is 327 g/mol. The van der Waals surface area contributed by atoms with Crippen LogP contribution in [0.5, 0.6) is 0 Å². The highest BCUT2D eigenvalue weighted by Crippen LogP contribution is 2.58. The number of anilines is 1. The van der Waals surface area contributed by atoms with E-state index in [2.05, 4.69) is 22.3 Å². The molecule has 2 aromatic rings. The lowest BCUT2D eigenvalue weighted by molar-refractivity contribution is -0.117. The first-order valence-corrected chi connectivity index (χ1v) is 8.37. The Labute approximate surface area is 141 Å². The number of likely N-dealkylation sites (tertiary alicyclic amines) is 1. The Hall–Kier alpha value is -1.84. The number of para-hydroxylation sites is 1. The number of carbonyl (C=O) groups excluding carboxylic acids is 1. The summed E-state index contributed by atoms with van der Waals surface area (Å²) in [7, 11) is 0. The molecule has 1 N–H and O–H groups in total. The topological polar surface area (TPSA) is 32.3 Å². The number of rotatable bonds is 4. The molecule has 23 heavy (non-hydrogen) atoms. The molecule has 1 saturated heterocycles. The van der Waals surface area contributed by atoms with Gasteiger partial charge in [0, 0.05) is 29.2 Å². The number of nitrogens with one attached hydrogen (secondary N) is 1. The van der Waals surface area contributed by atoms with Crippen molar-refractivity contribution in [3.05, 3.63) is 65.2 Å². The molecule has 1 heterocycles. The zero-order chi connectivity index (χ0) is 15.9. The molecule has 2 fully saturated rings. The minimum absolute atomic E-state index is 0.0590. The zero-order valence-electron chi connectivity index (χ0n) is 12.8. The largest absolute Gasteiger partial charge is 0.325 e. The highest BCUT2D eigenvalue weighted by atomic mass is 35.5. The average Bonchev–Trinajstić information content (AvgIpc) is 3.11. The summed E-state index contributed by atoms with van der Waals surface area (Å²) >= 11 is 5.99. The van der Waals surface area contributed by atoms with E-state index in [0.29, 0.717) is 12.5 Å². The number of halogens is 1. The van der Waals surface area contributed by atoms with Gasteiger partial charge < -0.3 is 5.32 Å². The van der Waals surface area contributed by atoms with Crippen LogP contribution in [-0.2, 0) is 10.2 Å². The second-order valence-electron chi connectivity index (χ2n) is 6.65. The number of benzene rings is 2. The predicted molar refractivity (Wildman–Crippen MR) is 92.7 cm³/mol. The summed E-state index contributed by atoms with van der Waals surface area (Å²) in [4.78, 5) is 14.5. The van der Waals surface area contributed by atoms with E-state index in [1.165, 1.54) is 12.0 Å². The zero-order valence-corrected chi connectivity index (χ0v) is 13.6. The molecule has 0 bridgehead atoms. The third kappa shape index (κ3) is 2.87. The van der Waals surface area contributed by atoms with Crippen molar-refractivity contribution in [3.8, 4) is 0 Å². The monoisotopic (exact) mass is 326 g/mol. The van der Waals surface area contributed by atoms with Gasteiger partial charge in [0.05, 0.1) is 6.54 Å². The molecule has 4 rings (SSSR count). The first-order valence-electron chi connectivity index (χ1n) is 7.99. The van der Waals surface area contributed by atoms with Crippen LogP contribution in [0.15, 0.2) is 54.6 Å². The molecule has 3 nitrogen and oxygen atoms in total. The van der Waals surface area contributed by atoms with Crippen LogP contribution in [0.3, 0.4) is 0 Å². The standard InChI is InChI=1S/C19H19ClN2O/c20-16-8-6-14(7-9-16)19-10-15(19)11-22(13-19)12-18(23)21-17-4-2-1-3-5-17/h1-9,15H,10-13H2,(H,21,23). The van der Waals surface area contributed by atoms with Gasteiger partial charge in [-0.1, -0.05) is 41.9 Å². The highest BCUT2D eigenvalue weighted by molar-refractivity contribution is 6.30. The van der Waals surface area contributed by atoms with Crippen molar-refractivity contribution in [2.24, 2.45) is 5.92 Å². The lowest BCUT2D eigenvalue weighted by atomic mass is 9.95. The van der Waals surface area contributed by atoms with Gasteiger partial charge >= 0.3 is 0 Å². The maximum atomic E-state index is 12.2. The smallest absolute Gasteiger partial charge is 0.238 e. The van der Waals surface area contributed by atoms with Crippen LogP contribution in [0.1, 0.15) is 12.0 Å². The van der Waals surface area contributed by atoms with Gasteiger partial charge in [0.2, 0.25) is 5.91 Å². The number of piperidine rings is 1. The summed E-state index contributed by atoms with van der Waals surface area (Å²) in [5.74, 6) is 0.733. The fraction of sp³-hybridized carbons (Fsp3) is 0.316. The van der Waals surface area contributed by atoms with Crippen molar-refractivity contribution in [1.29, 1.82) is 0 Å². The number of hydrogen-bond donors (Lipinski definition) is 1. The minimum Gasteiger partial charge on any atom is -0.325 e. The Kier molecular flexibility index (Phi) is 3.63. The first kappa shape index (κ1) is 14.7. The van der Waals surface area contributed by atoms with Crippen molar-refractivity contribution >= 4 is 23.2 Å². The fourth-order valence-electron chi connectivity index (χ4n) is 3.86.